The number of benzene rings is 1. The predicted molar refractivity (Wildman–Crippen MR) is 72.2 cm³/mol. The van der Waals surface area contributed by atoms with Crippen LogP contribution in [0.15, 0.2) is 30.5 Å². The number of hydrogen-bond donors (Lipinski definition) is 2. The Morgan fingerprint density at radius 3 is 2.50 bits per heavy atom. The van der Waals surface area contributed by atoms with Gasteiger partial charge in [0.25, 0.3) is 0 Å². The molecule has 2 N–H and O–H groups in total. The summed E-state index contributed by atoms with van der Waals surface area (Å²) in [6.45, 7) is 3.44. The fourth-order valence-corrected chi connectivity index (χ4v) is 1.78. The van der Waals surface area contributed by atoms with Crippen molar-refractivity contribution in [2.45, 2.75) is 13.8 Å². The monoisotopic (exact) mass is 244 g/mol. The molecule has 0 fully saturated rings. The summed E-state index contributed by atoms with van der Waals surface area (Å²) in [5.41, 5.74) is 2.73. The van der Waals surface area contributed by atoms with E-state index < -0.39 is 0 Å². The molecule has 94 valence electrons. The number of nitrogens with one attached hydrogen (secondary N) is 2. The topological polar surface area (TPSA) is 59.0 Å². The molecule has 0 unspecified atom stereocenters. The van der Waals surface area contributed by atoms with E-state index in [1.54, 1.807) is 0 Å². The van der Waals surface area contributed by atoms with E-state index >= 15 is 0 Å². The molecule has 0 saturated heterocycles. The van der Waals surface area contributed by atoms with Crippen LogP contribution in [0, 0.1) is 6.92 Å². The smallest absolute Gasteiger partial charge is 0.221 e. The number of nitrogens with zero attached hydrogens (tertiary/aromatic N) is 2. The lowest BCUT2D eigenvalue weighted by molar-refractivity contribution is -0.114. The van der Waals surface area contributed by atoms with Crippen LogP contribution in [0.4, 0.5) is 11.6 Å². The van der Waals surface area contributed by atoms with E-state index in [1.807, 2.05) is 49.0 Å². The zero-order valence-electron chi connectivity index (χ0n) is 10.7. The molecule has 1 aromatic carbocycles. The highest BCUT2D eigenvalue weighted by Crippen LogP contribution is 2.18. The van der Waals surface area contributed by atoms with Gasteiger partial charge in [0.05, 0.1) is 5.69 Å². The minimum atomic E-state index is -0.0721. The molecule has 0 bridgehead atoms. The van der Waals surface area contributed by atoms with Crippen LogP contribution in [-0.4, -0.2) is 22.5 Å². The Morgan fingerprint density at radius 1 is 1.28 bits per heavy atom. The molecule has 18 heavy (non-hydrogen) atoms. The molecule has 0 aliphatic carbocycles. The van der Waals surface area contributed by atoms with Gasteiger partial charge < -0.3 is 10.6 Å². The predicted octanol–water partition coefficient (Wildman–Crippen LogP) is 2.18. The van der Waals surface area contributed by atoms with Crippen molar-refractivity contribution in [1.29, 1.82) is 0 Å². The molecule has 1 amide bonds. The average molecular weight is 244 g/mol. The summed E-state index contributed by atoms with van der Waals surface area (Å²) in [6, 6.07) is 7.61. The van der Waals surface area contributed by atoms with Gasteiger partial charge in [-0.05, 0) is 31.2 Å². The van der Waals surface area contributed by atoms with Crippen molar-refractivity contribution in [3.05, 3.63) is 36.2 Å². The van der Waals surface area contributed by atoms with E-state index in [2.05, 4.69) is 15.6 Å². The highest BCUT2D eigenvalue weighted by Gasteiger charge is 2.05. The maximum absolute atomic E-state index is 10.9. The second kappa shape index (κ2) is 4.91. The van der Waals surface area contributed by atoms with Gasteiger partial charge in [0.1, 0.15) is 0 Å². The van der Waals surface area contributed by atoms with Gasteiger partial charge in [-0.3, -0.25) is 9.36 Å². The first kappa shape index (κ1) is 12.2. The van der Waals surface area contributed by atoms with Crippen molar-refractivity contribution < 1.29 is 4.79 Å². The quantitative estimate of drug-likeness (QED) is 0.870. The standard InChI is InChI=1S/C13H16N4O/c1-9-8-17(13(14-3)15-9)12-6-4-11(5-7-12)16-10(2)18/h4-8H,1-3H3,(H,14,15)(H,16,18). The molecule has 0 spiro atoms. The molecule has 5 heteroatoms. The number of hydrogen-bond acceptors (Lipinski definition) is 3. The Kier molecular flexibility index (Phi) is 3.32. The minimum Gasteiger partial charge on any atom is -0.358 e. The third-order valence-electron chi connectivity index (χ3n) is 2.52. The fourth-order valence-electron chi connectivity index (χ4n) is 1.78. The van der Waals surface area contributed by atoms with E-state index in [9.17, 15) is 4.79 Å². The highest BCUT2D eigenvalue weighted by molar-refractivity contribution is 5.88. The second-order valence-corrected chi connectivity index (χ2v) is 4.05. The molecular formula is C13H16N4O. The molecule has 5 nitrogen and oxygen atoms in total. The maximum atomic E-state index is 10.9. The summed E-state index contributed by atoms with van der Waals surface area (Å²) < 4.78 is 1.97. The first-order valence-electron chi connectivity index (χ1n) is 5.72. The maximum Gasteiger partial charge on any atom is 0.221 e. The molecule has 2 rings (SSSR count). The summed E-state index contributed by atoms with van der Waals surface area (Å²) in [7, 11) is 1.84. The lowest BCUT2D eigenvalue weighted by Gasteiger charge is -2.08. The van der Waals surface area contributed by atoms with E-state index in [-0.39, 0.29) is 5.91 Å². The van der Waals surface area contributed by atoms with E-state index in [4.69, 9.17) is 0 Å². The lowest BCUT2D eigenvalue weighted by Crippen LogP contribution is -2.06. The van der Waals surface area contributed by atoms with Crippen molar-refractivity contribution in [3.8, 4) is 5.69 Å². The Hall–Kier alpha value is -2.30. The molecular weight excluding hydrogens is 228 g/mol. The van der Waals surface area contributed by atoms with Crippen molar-refractivity contribution in [2.24, 2.45) is 0 Å². The number of imidazole rings is 1. The van der Waals surface area contributed by atoms with Gasteiger partial charge in [0.15, 0.2) is 0 Å². The molecule has 0 radical (unpaired) electrons. The van der Waals surface area contributed by atoms with Crippen LogP contribution in [0.5, 0.6) is 0 Å². The number of amides is 1. The Bertz CT molecular complexity index is 557. The summed E-state index contributed by atoms with van der Waals surface area (Å²) in [6.07, 6.45) is 1.96. The lowest BCUT2D eigenvalue weighted by atomic mass is 10.2. The van der Waals surface area contributed by atoms with Crippen LogP contribution in [-0.2, 0) is 4.79 Å². The molecule has 2 aromatic rings. The number of carbonyl (C=O) groups excluding carboxylic acids is 1. The van der Waals surface area contributed by atoms with E-state index in [1.165, 1.54) is 6.92 Å². The molecule has 1 heterocycles. The average Bonchev–Trinajstić information content (AvgIpc) is 2.71. The number of rotatable bonds is 3. The minimum absolute atomic E-state index is 0.0721. The third kappa shape index (κ3) is 2.51. The number of anilines is 2. The normalized spacial score (nSPS) is 10.2. The van der Waals surface area contributed by atoms with Gasteiger partial charge >= 0.3 is 0 Å². The third-order valence-corrected chi connectivity index (χ3v) is 2.52. The first-order valence-corrected chi connectivity index (χ1v) is 5.72. The van der Waals surface area contributed by atoms with Gasteiger partial charge in [-0.25, -0.2) is 4.98 Å². The number of aromatic nitrogens is 2. The summed E-state index contributed by atoms with van der Waals surface area (Å²) in [4.78, 5) is 15.3. The van der Waals surface area contributed by atoms with Gasteiger partial charge in [0, 0.05) is 31.5 Å². The zero-order valence-corrected chi connectivity index (χ0v) is 10.7. The van der Waals surface area contributed by atoms with Gasteiger partial charge in [-0.1, -0.05) is 0 Å². The number of carbonyl (C=O) groups is 1. The molecule has 0 saturated carbocycles. The molecule has 0 aliphatic heterocycles. The fraction of sp³-hybridized carbons (Fsp3) is 0.231. The van der Waals surface area contributed by atoms with Crippen LogP contribution < -0.4 is 10.6 Å². The van der Waals surface area contributed by atoms with Crippen LogP contribution in [0.1, 0.15) is 12.6 Å². The Balaban J connectivity index is 2.31. The van der Waals surface area contributed by atoms with Gasteiger partial charge in [0.2, 0.25) is 11.9 Å². The number of aryl methyl sites for hydroxylation is 1. The largest absolute Gasteiger partial charge is 0.358 e. The van der Waals surface area contributed by atoms with Crippen LogP contribution in [0.25, 0.3) is 5.69 Å². The summed E-state index contributed by atoms with van der Waals surface area (Å²) in [5, 5.41) is 5.78. The summed E-state index contributed by atoms with van der Waals surface area (Å²) in [5.74, 6) is 0.719. The first-order chi connectivity index (χ1) is 8.60. The SMILES string of the molecule is CNc1nc(C)cn1-c1ccc(NC(C)=O)cc1. The zero-order chi connectivity index (χ0) is 13.1. The molecule has 0 aliphatic rings. The summed E-state index contributed by atoms with van der Waals surface area (Å²) >= 11 is 0. The van der Waals surface area contributed by atoms with Gasteiger partial charge in [-0.2, -0.15) is 0 Å². The second-order valence-electron chi connectivity index (χ2n) is 4.05. The van der Waals surface area contributed by atoms with Crippen molar-refractivity contribution in [3.63, 3.8) is 0 Å². The van der Waals surface area contributed by atoms with Crippen molar-refractivity contribution in [1.82, 2.24) is 9.55 Å². The van der Waals surface area contributed by atoms with Crippen LogP contribution in [0.2, 0.25) is 0 Å². The molecule has 1 aromatic heterocycles. The van der Waals surface area contributed by atoms with E-state index in [0.29, 0.717) is 0 Å². The Morgan fingerprint density at radius 2 is 1.94 bits per heavy atom. The highest BCUT2D eigenvalue weighted by atomic mass is 16.1. The van der Waals surface area contributed by atoms with Crippen molar-refractivity contribution >= 4 is 17.5 Å². The van der Waals surface area contributed by atoms with Gasteiger partial charge in [-0.15, -0.1) is 0 Å². The van der Waals surface area contributed by atoms with E-state index in [0.717, 1.165) is 23.0 Å². The van der Waals surface area contributed by atoms with Crippen LogP contribution in [0.3, 0.4) is 0 Å². The Labute approximate surface area is 106 Å². The molecule has 0 atom stereocenters. The van der Waals surface area contributed by atoms with Crippen LogP contribution >= 0.6 is 0 Å². The van der Waals surface area contributed by atoms with Crippen molar-refractivity contribution in [2.75, 3.05) is 17.7 Å².